The second-order valence-electron chi connectivity index (χ2n) is 3.86. The molecule has 1 aromatic carbocycles. The minimum atomic E-state index is 0.615. The number of nitrogens with one attached hydrogen (secondary N) is 1. The Labute approximate surface area is 131 Å². The Morgan fingerprint density at radius 2 is 1.68 bits per heavy atom. The van der Waals surface area contributed by atoms with Gasteiger partial charge in [-0.3, -0.25) is 0 Å². The van der Waals surface area contributed by atoms with Crippen molar-refractivity contribution in [3.63, 3.8) is 0 Å². The van der Waals surface area contributed by atoms with E-state index in [-0.39, 0.29) is 0 Å². The van der Waals surface area contributed by atoms with Crippen LogP contribution in [0.5, 0.6) is 11.5 Å². The molecule has 0 aromatic heterocycles. The minimum Gasteiger partial charge on any atom is -0.496 e. The fourth-order valence-electron chi connectivity index (χ4n) is 1.48. The van der Waals surface area contributed by atoms with Crippen LogP contribution in [-0.4, -0.2) is 40.5 Å². The van der Waals surface area contributed by atoms with Crippen molar-refractivity contribution >= 4 is 31.9 Å². The molecule has 0 bridgehead atoms. The number of rotatable bonds is 9. The van der Waals surface area contributed by atoms with Gasteiger partial charge in [0.2, 0.25) is 0 Å². The third-order valence-corrected chi connectivity index (χ3v) is 3.68. The summed E-state index contributed by atoms with van der Waals surface area (Å²) in [7, 11) is 3.35. The lowest BCUT2D eigenvalue weighted by molar-refractivity contribution is 0.193. The van der Waals surface area contributed by atoms with Crippen LogP contribution >= 0.6 is 31.9 Å². The first kappa shape index (κ1) is 16.8. The average Bonchev–Trinajstić information content (AvgIpc) is 2.41. The lowest BCUT2D eigenvalue weighted by Gasteiger charge is -2.11. The first-order valence-corrected chi connectivity index (χ1v) is 7.63. The summed E-state index contributed by atoms with van der Waals surface area (Å²) in [6.07, 6.45) is 1.01. The Kier molecular flexibility index (Phi) is 8.45. The summed E-state index contributed by atoms with van der Waals surface area (Å²) in [4.78, 5) is 0. The summed E-state index contributed by atoms with van der Waals surface area (Å²) in [5.74, 6) is 1.57. The second-order valence-corrected chi connectivity index (χ2v) is 5.57. The number of methoxy groups -OCH3 is 2. The SMILES string of the molecule is COCCCNCCOc1cc(Br)c(OC)cc1Br. The topological polar surface area (TPSA) is 39.7 Å². The first-order valence-electron chi connectivity index (χ1n) is 6.04. The normalized spacial score (nSPS) is 10.5. The van der Waals surface area contributed by atoms with Gasteiger partial charge in [0.1, 0.15) is 18.1 Å². The summed E-state index contributed by atoms with van der Waals surface area (Å²) in [6.45, 7) is 3.14. The van der Waals surface area contributed by atoms with Crippen molar-refractivity contribution < 1.29 is 14.2 Å². The lowest BCUT2D eigenvalue weighted by Crippen LogP contribution is -2.22. The molecule has 0 aliphatic rings. The largest absolute Gasteiger partial charge is 0.496 e. The molecular weight excluding hydrogens is 378 g/mol. The molecule has 0 saturated carbocycles. The second kappa shape index (κ2) is 9.58. The molecular formula is C13H19Br2NO3. The fraction of sp³-hybridized carbons (Fsp3) is 0.538. The summed E-state index contributed by atoms with van der Waals surface area (Å²) >= 11 is 6.90. The molecule has 0 radical (unpaired) electrons. The Hall–Kier alpha value is -0.300. The van der Waals surface area contributed by atoms with E-state index in [1.54, 1.807) is 14.2 Å². The molecule has 4 nitrogen and oxygen atoms in total. The van der Waals surface area contributed by atoms with Crippen LogP contribution in [0.15, 0.2) is 21.1 Å². The molecule has 0 atom stereocenters. The van der Waals surface area contributed by atoms with Gasteiger partial charge in [0.25, 0.3) is 0 Å². The van der Waals surface area contributed by atoms with Crippen molar-refractivity contribution in [1.82, 2.24) is 5.32 Å². The fourth-order valence-corrected chi connectivity index (χ4v) is 2.40. The molecule has 1 N–H and O–H groups in total. The van der Waals surface area contributed by atoms with E-state index in [9.17, 15) is 0 Å². The van der Waals surface area contributed by atoms with E-state index in [2.05, 4.69) is 37.2 Å². The van der Waals surface area contributed by atoms with Crippen LogP contribution in [0.1, 0.15) is 6.42 Å². The van der Waals surface area contributed by atoms with E-state index in [1.807, 2.05) is 12.1 Å². The monoisotopic (exact) mass is 395 g/mol. The Bertz CT molecular complexity index is 388. The molecule has 1 rings (SSSR count). The van der Waals surface area contributed by atoms with E-state index < -0.39 is 0 Å². The van der Waals surface area contributed by atoms with E-state index in [0.717, 1.165) is 46.6 Å². The molecule has 0 unspecified atom stereocenters. The van der Waals surface area contributed by atoms with Crippen LogP contribution < -0.4 is 14.8 Å². The molecule has 1 aromatic rings. The maximum Gasteiger partial charge on any atom is 0.134 e. The molecule has 0 spiro atoms. The Balaban J connectivity index is 2.31. The van der Waals surface area contributed by atoms with Gasteiger partial charge < -0.3 is 19.5 Å². The van der Waals surface area contributed by atoms with E-state index in [1.165, 1.54) is 0 Å². The third kappa shape index (κ3) is 6.12. The molecule has 0 aliphatic heterocycles. The van der Waals surface area contributed by atoms with Crippen LogP contribution in [0.3, 0.4) is 0 Å². The highest BCUT2D eigenvalue weighted by molar-refractivity contribution is 9.11. The third-order valence-electron chi connectivity index (χ3n) is 2.44. The Morgan fingerprint density at radius 3 is 2.37 bits per heavy atom. The van der Waals surface area contributed by atoms with E-state index >= 15 is 0 Å². The lowest BCUT2D eigenvalue weighted by atomic mass is 10.3. The van der Waals surface area contributed by atoms with Gasteiger partial charge in [0, 0.05) is 20.3 Å². The van der Waals surface area contributed by atoms with Gasteiger partial charge in [-0.1, -0.05) is 0 Å². The molecule has 108 valence electrons. The highest BCUT2D eigenvalue weighted by Crippen LogP contribution is 2.35. The zero-order valence-corrected chi connectivity index (χ0v) is 14.3. The van der Waals surface area contributed by atoms with Gasteiger partial charge in [-0.2, -0.15) is 0 Å². The number of hydrogen-bond donors (Lipinski definition) is 1. The predicted octanol–water partition coefficient (Wildman–Crippen LogP) is 3.23. The maximum absolute atomic E-state index is 5.70. The number of ether oxygens (including phenoxy) is 3. The molecule has 0 amide bonds. The summed E-state index contributed by atoms with van der Waals surface area (Å²) in [5, 5.41) is 3.29. The van der Waals surface area contributed by atoms with Gasteiger partial charge in [-0.25, -0.2) is 0 Å². The smallest absolute Gasteiger partial charge is 0.134 e. The molecule has 6 heteroatoms. The van der Waals surface area contributed by atoms with Gasteiger partial charge in [-0.15, -0.1) is 0 Å². The molecule has 0 heterocycles. The van der Waals surface area contributed by atoms with Crippen molar-refractivity contribution in [2.24, 2.45) is 0 Å². The number of hydrogen-bond acceptors (Lipinski definition) is 4. The maximum atomic E-state index is 5.70. The summed E-state index contributed by atoms with van der Waals surface area (Å²) < 4.78 is 17.6. The van der Waals surface area contributed by atoms with Gasteiger partial charge in [-0.05, 0) is 57.0 Å². The standard InChI is InChI=1S/C13H19Br2NO3/c1-17-6-3-4-16-5-7-19-13-9-10(14)12(18-2)8-11(13)15/h8-9,16H,3-7H2,1-2H3. The van der Waals surface area contributed by atoms with Crippen molar-refractivity contribution in [3.05, 3.63) is 21.1 Å². The highest BCUT2D eigenvalue weighted by atomic mass is 79.9. The number of halogens is 2. The van der Waals surface area contributed by atoms with Crippen LogP contribution in [0.4, 0.5) is 0 Å². The zero-order chi connectivity index (χ0) is 14.1. The van der Waals surface area contributed by atoms with Crippen molar-refractivity contribution in [1.29, 1.82) is 0 Å². The van der Waals surface area contributed by atoms with Crippen molar-refractivity contribution in [2.75, 3.05) is 40.5 Å². The number of benzene rings is 1. The van der Waals surface area contributed by atoms with E-state index in [4.69, 9.17) is 14.2 Å². The zero-order valence-electron chi connectivity index (χ0n) is 11.2. The predicted molar refractivity (Wildman–Crippen MR) is 83.3 cm³/mol. The first-order chi connectivity index (χ1) is 9.19. The molecule has 0 saturated heterocycles. The van der Waals surface area contributed by atoms with Crippen LogP contribution in [0.2, 0.25) is 0 Å². The van der Waals surface area contributed by atoms with Crippen LogP contribution in [0.25, 0.3) is 0 Å². The highest BCUT2D eigenvalue weighted by Gasteiger charge is 2.07. The minimum absolute atomic E-state index is 0.615. The summed E-state index contributed by atoms with van der Waals surface area (Å²) in [5.41, 5.74) is 0. The van der Waals surface area contributed by atoms with Crippen molar-refractivity contribution in [3.8, 4) is 11.5 Å². The molecule has 19 heavy (non-hydrogen) atoms. The summed E-state index contributed by atoms with van der Waals surface area (Å²) in [6, 6.07) is 3.78. The van der Waals surface area contributed by atoms with Gasteiger partial charge >= 0.3 is 0 Å². The Morgan fingerprint density at radius 1 is 1.00 bits per heavy atom. The molecule has 0 fully saturated rings. The average molecular weight is 397 g/mol. The van der Waals surface area contributed by atoms with Crippen molar-refractivity contribution in [2.45, 2.75) is 6.42 Å². The van der Waals surface area contributed by atoms with Gasteiger partial charge in [0.15, 0.2) is 0 Å². The van der Waals surface area contributed by atoms with Crippen LogP contribution in [0, 0.1) is 0 Å². The van der Waals surface area contributed by atoms with Crippen LogP contribution in [-0.2, 0) is 4.74 Å². The quantitative estimate of drug-likeness (QED) is 0.650. The van der Waals surface area contributed by atoms with E-state index in [0.29, 0.717) is 6.61 Å². The molecule has 0 aliphatic carbocycles. The van der Waals surface area contributed by atoms with Gasteiger partial charge in [0.05, 0.1) is 16.1 Å².